The summed E-state index contributed by atoms with van der Waals surface area (Å²) in [5, 5.41) is 4.58. The Hall–Kier alpha value is -3.55. The SMILES string of the molecule is C[C@H]1c2nn(C)c(-c3cc(F)cc(F)c3)c2CCN1C(=O)c1cnc2ccoc2c1. The highest BCUT2D eigenvalue weighted by Crippen LogP contribution is 2.36. The molecule has 0 aliphatic carbocycles. The second kappa shape index (κ2) is 6.76. The lowest BCUT2D eigenvalue weighted by Crippen LogP contribution is -2.39. The lowest BCUT2D eigenvalue weighted by Gasteiger charge is -2.33. The standard InChI is InChI=1S/C22H18F2N4O2/c1-12-20-17(21(27(2)26-20)13-7-15(23)10-16(24)8-13)3-5-28(12)22(29)14-9-19-18(25-11-14)4-6-30-19/h4,6-12H,3,5H2,1-2H3/t12-/m0/s1. The summed E-state index contributed by atoms with van der Waals surface area (Å²) in [6.07, 6.45) is 3.61. The summed E-state index contributed by atoms with van der Waals surface area (Å²) in [4.78, 5) is 19.1. The zero-order chi connectivity index (χ0) is 21.0. The average molecular weight is 408 g/mol. The maximum atomic E-state index is 13.8. The lowest BCUT2D eigenvalue weighted by molar-refractivity contribution is 0.0673. The molecular formula is C22H18F2N4O2. The van der Waals surface area contributed by atoms with Crippen molar-refractivity contribution in [1.29, 1.82) is 0 Å². The number of furan rings is 1. The fourth-order valence-electron chi connectivity index (χ4n) is 4.20. The van der Waals surface area contributed by atoms with Crippen molar-refractivity contribution in [2.24, 2.45) is 7.05 Å². The lowest BCUT2D eigenvalue weighted by atomic mass is 9.95. The molecule has 0 saturated carbocycles. The molecule has 1 aliphatic rings. The molecule has 0 unspecified atom stereocenters. The Labute approximate surface area is 170 Å². The molecule has 152 valence electrons. The van der Waals surface area contributed by atoms with E-state index in [1.54, 1.807) is 35.0 Å². The van der Waals surface area contributed by atoms with Crippen molar-refractivity contribution in [3.63, 3.8) is 0 Å². The number of benzene rings is 1. The third-order valence-corrected chi connectivity index (χ3v) is 5.59. The topological polar surface area (TPSA) is 64.2 Å². The number of nitrogens with zero attached hydrogens (tertiary/aromatic N) is 4. The second-order valence-electron chi connectivity index (χ2n) is 7.45. The maximum absolute atomic E-state index is 13.8. The van der Waals surface area contributed by atoms with Crippen LogP contribution in [0.15, 0.2) is 47.2 Å². The molecule has 1 atom stereocenters. The first-order chi connectivity index (χ1) is 14.4. The van der Waals surface area contributed by atoms with Crippen molar-refractivity contribution in [3.05, 3.63) is 71.2 Å². The van der Waals surface area contributed by atoms with Gasteiger partial charge in [-0.3, -0.25) is 14.5 Å². The van der Waals surface area contributed by atoms with Gasteiger partial charge in [-0.15, -0.1) is 0 Å². The van der Waals surface area contributed by atoms with E-state index in [0.29, 0.717) is 40.9 Å². The number of hydrogen-bond donors (Lipinski definition) is 0. The first kappa shape index (κ1) is 18.5. The van der Waals surface area contributed by atoms with E-state index in [9.17, 15) is 13.6 Å². The molecule has 4 heterocycles. The summed E-state index contributed by atoms with van der Waals surface area (Å²) in [5.74, 6) is -1.44. The van der Waals surface area contributed by atoms with Crippen LogP contribution >= 0.6 is 0 Å². The van der Waals surface area contributed by atoms with Crippen LogP contribution in [0.4, 0.5) is 8.78 Å². The number of aromatic nitrogens is 3. The first-order valence-corrected chi connectivity index (χ1v) is 9.59. The maximum Gasteiger partial charge on any atom is 0.256 e. The summed E-state index contributed by atoms with van der Waals surface area (Å²) >= 11 is 0. The van der Waals surface area contributed by atoms with Crippen LogP contribution in [0.1, 0.15) is 34.6 Å². The van der Waals surface area contributed by atoms with Gasteiger partial charge in [0.05, 0.1) is 29.3 Å². The molecule has 0 spiro atoms. The Bertz CT molecular complexity index is 1270. The molecule has 3 aromatic heterocycles. The Balaban J connectivity index is 1.51. The number of carbonyl (C=O) groups excluding carboxylic acids is 1. The van der Waals surface area contributed by atoms with Gasteiger partial charge < -0.3 is 9.32 Å². The molecule has 0 N–H and O–H groups in total. The summed E-state index contributed by atoms with van der Waals surface area (Å²) in [6.45, 7) is 2.36. The van der Waals surface area contributed by atoms with Crippen LogP contribution in [0.3, 0.4) is 0 Å². The number of rotatable bonds is 2. The molecule has 0 bridgehead atoms. The van der Waals surface area contributed by atoms with Crippen molar-refractivity contribution in [2.45, 2.75) is 19.4 Å². The third-order valence-electron chi connectivity index (χ3n) is 5.59. The average Bonchev–Trinajstić information content (AvgIpc) is 3.30. The van der Waals surface area contributed by atoms with Crippen LogP contribution in [-0.2, 0) is 13.5 Å². The number of hydrogen-bond acceptors (Lipinski definition) is 4. The fraction of sp³-hybridized carbons (Fsp3) is 0.227. The normalized spacial score (nSPS) is 16.1. The van der Waals surface area contributed by atoms with Gasteiger partial charge >= 0.3 is 0 Å². The summed E-state index contributed by atoms with van der Waals surface area (Å²) in [7, 11) is 1.74. The number of amides is 1. The van der Waals surface area contributed by atoms with Gasteiger partial charge in [-0.2, -0.15) is 5.10 Å². The largest absolute Gasteiger partial charge is 0.463 e. The van der Waals surface area contributed by atoms with Crippen LogP contribution in [-0.4, -0.2) is 32.1 Å². The zero-order valence-electron chi connectivity index (χ0n) is 16.4. The quantitative estimate of drug-likeness (QED) is 0.497. The molecule has 5 rings (SSSR count). The summed E-state index contributed by atoms with van der Waals surface area (Å²) < 4.78 is 34.5. The Morgan fingerprint density at radius 2 is 1.97 bits per heavy atom. The molecule has 0 saturated heterocycles. The molecule has 8 heteroatoms. The molecule has 1 aromatic carbocycles. The predicted octanol–water partition coefficient (Wildman–Crippen LogP) is 4.27. The molecular weight excluding hydrogens is 390 g/mol. The smallest absolute Gasteiger partial charge is 0.256 e. The monoisotopic (exact) mass is 408 g/mol. The minimum Gasteiger partial charge on any atom is -0.463 e. The van der Waals surface area contributed by atoms with E-state index in [4.69, 9.17) is 4.42 Å². The van der Waals surface area contributed by atoms with E-state index < -0.39 is 11.6 Å². The van der Waals surface area contributed by atoms with E-state index in [1.807, 2.05) is 6.92 Å². The number of pyridine rings is 1. The van der Waals surface area contributed by atoms with Gasteiger partial charge in [0.1, 0.15) is 17.2 Å². The second-order valence-corrected chi connectivity index (χ2v) is 7.45. The number of carbonyl (C=O) groups is 1. The minimum atomic E-state index is -0.638. The van der Waals surface area contributed by atoms with Crippen molar-refractivity contribution < 1.29 is 18.0 Å². The highest BCUT2D eigenvalue weighted by atomic mass is 19.1. The van der Waals surface area contributed by atoms with Crippen molar-refractivity contribution >= 4 is 17.0 Å². The van der Waals surface area contributed by atoms with E-state index in [-0.39, 0.29) is 11.9 Å². The van der Waals surface area contributed by atoms with E-state index in [1.165, 1.54) is 18.4 Å². The van der Waals surface area contributed by atoms with Gasteiger partial charge in [-0.1, -0.05) is 0 Å². The van der Waals surface area contributed by atoms with Gasteiger partial charge in [0, 0.05) is 43.0 Å². The number of aryl methyl sites for hydroxylation is 1. The van der Waals surface area contributed by atoms with Gasteiger partial charge in [-0.25, -0.2) is 8.78 Å². The minimum absolute atomic E-state index is 0.164. The Morgan fingerprint density at radius 1 is 1.20 bits per heavy atom. The molecule has 30 heavy (non-hydrogen) atoms. The van der Waals surface area contributed by atoms with Gasteiger partial charge in [0.15, 0.2) is 5.58 Å². The Morgan fingerprint density at radius 3 is 2.73 bits per heavy atom. The van der Waals surface area contributed by atoms with Crippen LogP contribution < -0.4 is 0 Å². The molecule has 4 aromatic rings. The summed E-state index contributed by atoms with van der Waals surface area (Å²) in [6, 6.07) is 6.57. The predicted molar refractivity (Wildman–Crippen MR) is 106 cm³/mol. The van der Waals surface area contributed by atoms with Gasteiger partial charge in [-0.05, 0) is 31.5 Å². The van der Waals surface area contributed by atoms with E-state index in [2.05, 4.69) is 10.1 Å². The molecule has 1 amide bonds. The first-order valence-electron chi connectivity index (χ1n) is 9.59. The number of fused-ring (bicyclic) bond motifs is 2. The van der Waals surface area contributed by atoms with Crippen molar-refractivity contribution in [2.75, 3.05) is 6.54 Å². The van der Waals surface area contributed by atoms with Crippen molar-refractivity contribution in [1.82, 2.24) is 19.7 Å². The van der Waals surface area contributed by atoms with Crippen LogP contribution in [0.5, 0.6) is 0 Å². The van der Waals surface area contributed by atoms with Crippen LogP contribution in [0.25, 0.3) is 22.4 Å². The highest BCUT2D eigenvalue weighted by Gasteiger charge is 2.33. The van der Waals surface area contributed by atoms with Gasteiger partial charge in [0.2, 0.25) is 0 Å². The number of halogens is 2. The summed E-state index contributed by atoms with van der Waals surface area (Å²) in [5.41, 5.74) is 4.42. The molecule has 1 aliphatic heterocycles. The zero-order valence-corrected chi connectivity index (χ0v) is 16.4. The fourth-order valence-corrected chi connectivity index (χ4v) is 4.20. The van der Waals surface area contributed by atoms with Gasteiger partial charge in [0.25, 0.3) is 5.91 Å². The van der Waals surface area contributed by atoms with Crippen LogP contribution in [0.2, 0.25) is 0 Å². The molecule has 6 nitrogen and oxygen atoms in total. The highest BCUT2D eigenvalue weighted by molar-refractivity contribution is 5.96. The Kier molecular flexibility index (Phi) is 4.16. The van der Waals surface area contributed by atoms with Crippen LogP contribution in [0, 0.1) is 11.6 Å². The third kappa shape index (κ3) is 2.87. The van der Waals surface area contributed by atoms with E-state index in [0.717, 1.165) is 17.3 Å². The van der Waals surface area contributed by atoms with Crippen molar-refractivity contribution in [3.8, 4) is 11.3 Å². The molecule has 0 radical (unpaired) electrons. The molecule has 0 fully saturated rings. The van der Waals surface area contributed by atoms with E-state index >= 15 is 0 Å².